The SMILES string of the molecule is CC(C)Oc1cc(Oc2cnc(N(CC3CC3)C(=O)C(C)(C)N)cn2)cc(C(=O)Nc2ccn(C)n2)c1. The van der Waals surface area contributed by atoms with Gasteiger partial charge in [0, 0.05) is 37.5 Å². The van der Waals surface area contributed by atoms with Crippen LogP contribution in [-0.4, -0.2) is 49.8 Å². The van der Waals surface area contributed by atoms with Crippen LogP contribution in [0, 0.1) is 5.92 Å². The molecule has 37 heavy (non-hydrogen) atoms. The minimum atomic E-state index is -1.03. The van der Waals surface area contributed by atoms with E-state index >= 15 is 0 Å². The van der Waals surface area contributed by atoms with Gasteiger partial charge in [-0.05, 0) is 58.6 Å². The molecule has 0 bridgehead atoms. The predicted molar refractivity (Wildman–Crippen MR) is 139 cm³/mol. The van der Waals surface area contributed by atoms with Crippen LogP contribution in [0.15, 0.2) is 42.9 Å². The molecule has 4 rings (SSSR count). The number of carbonyl (C=O) groups is 2. The number of aromatic nitrogens is 4. The molecular formula is C26H33N7O4. The van der Waals surface area contributed by atoms with E-state index in [2.05, 4.69) is 20.4 Å². The van der Waals surface area contributed by atoms with Crippen LogP contribution < -0.4 is 25.4 Å². The number of ether oxygens (including phenoxy) is 2. The normalized spacial score (nSPS) is 13.4. The lowest BCUT2D eigenvalue weighted by molar-refractivity contribution is -0.122. The molecular weight excluding hydrogens is 474 g/mol. The summed E-state index contributed by atoms with van der Waals surface area (Å²) in [5.41, 5.74) is 5.36. The van der Waals surface area contributed by atoms with Crippen molar-refractivity contribution < 1.29 is 19.1 Å². The largest absolute Gasteiger partial charge is 0.491 e. The average Bonchev–Trinajstić information content (AvgIpc) is 3.55. The first-order chi connectivity index (χ1) is 17.5. The third-order valence-corrected chi connectivity index (χ3v) is 5.52. The Morgan fingerprint density at radius 1 is 1.19 bits per heavy atom. The first-order valence-corrected chi connectivity index (χ1v) is 12.2. The van der Waals surface area contributed by atoms with Gasteiger partial charge < -0.3 is 20.5 Å². The summed E-state index contributed by atoms with van der Waals surface area (Å²) >= 11 is 0. The van der Waals surface area contributed by atoms with Crippen molar-refractivity contribution in [1.82, 2.24) is 19.7 Å². The van der Waals surface area contributed by atoms with Gasteiger partial charge in [-0.15, -0.1) is 0 Å². The predicted octanol–water partition coefficient (Wildman–Crippen LogP) is 3.52. The van der Waals surface area contributed by atoms with E-state index < -0.39 is 5.54 Å². The number of rotatable bonds is 10. The molecule has 3 aromatic rings. The van der Waals surface area contributed by atoms with Crippen molar-refractivity contribution in [3.05, 3.63) is 48.4 Å². The van der Waals surface area contributed by atoms with Crippen LogP contribution in [0.1, 0.15) is 50.9 Å². The molecule has 0 saturated heterocycles. The van der Waals surface area contributed by atoms with Crippen LogP contribution in [0.5, 0.6) is 17.4 Å². The van der Waals surface area contributed by atoms with Gasteiger partial charge in [-0.2, -0.15) is 5.10 Å². The minimum absolute atomic E-state index is 0.109. The highest BCUT2D eigenvalue weighted by atomic mass is 16.5. The number of nitrogens with two attached hydrogens (primary N) is 1. The van der Waals surface area contributed by atoms with E-state index in [1.54, 1.807) is 60.9 Å². The Balaban J connectivity index is 1.55. The Labute approximate surface area is 216 Å². The number of nitrogens with one attached hydrogen (secondary N) is 1. The van der Waals surface area contributed by atoms with E-state index in [1.807, 2.05) is 13.8 Å². The van der Waals surface area contributed by atoms with Gasteiger partial charge in [0.25, 0.3) is 5.91 Å². The molecule has 2 heterocycles. The summed E-state index contributed by atoms with van der Waals surface area (Å²) < 4.78 is 13.3. The van der Waals surface area contributed by atoms with Gasteiger partial charge in [0.05, 0.1) is 24.0 Å². The van der Waals surface area contributed by atoms with E-state index in [0.29, 0.717) is 41.2 Å². The molecule has 2 amide bonds. The molecule has 1 aliphatic rings. The number of carbonyl (C=O) groups excluding carboxylic acids is 2. The molecule has 0 radical (unpaired) electrons. The van der Waals surface area contributed by atoms with Crippen molar-refractivity contribution in [2.24, 2.45) is 18.7 Å². The fourth-order valence-electron chi connectivity index (χ4n) is 3.58. The number of benzene rings is 1. The maximum absolute atomic E-state index is 12.9. The van der Waals surface area contributed by atoms with Crippen molar-refractivity contribution in [1.29, 1.82) is 0 Å². The van der Waals surface area contributed by atoms with Crippen molar-refractivity contribution in [2.45, 2.75) is 52.2 Å². The zero-order chi connectivity index (χ0) is 26.7. The summed E-state index contributed by atoms with van der Waals surface area (Å²) in [4.78, 5) is 36.1. The summed E-state index contributed by atoms with van der Waals surface area (Å²) in [5, 5.41) is 6.93. The topological polar surface area (TPSA) is 137 Å². The molecule has 1 saturated carbocycles. The van der Waals surface area contributed by atoms with Crippen molar-refractivity contribution >= 4 is 23.5 Å². The Morgan fingerprint density at radius 3 is 2.49 bits per heavy atom. The van der Waals surface area contributed by atoms with Crippen LogP contribution in [0.25, 0.3) is 0 Å². The number of amides is 2. The lowest BCUT2D eigenvalue weighted by Crippen LogP contribution is -2.52. The average molecular weight is 508 g/mol. The van der Waals surface area contributed by atoms with Crippen molar-refractivity contribution in [2.75, 3.05) is 16.8 Å². The Hall–Kier alpha value is -3.99. The Morgan fingerprint density at radius 2 is 1.92 bits per heavy atom. The van der Waals surface area contributed by atoms with E-state index in [0.717, 1.165) is 12.8 Å². The van der Waals surface area contributed by atoms with Gasteiger partial charge in [-0.3, -0.25) is 19.2 Å². The fourth-order valence-corrected chi connectivity index (χ4v) is 3.58. The van der Waals surface area contributed by atoms with Crippen LogP contribution >= 0.6 is 0 Å². The zero-order valence-electron chi connectivity index (χ0n) is 21.8. The molecule has 0 unspecified atom stereocenters. The Bertz CT molecular complexity index is 1260. The second-order valence-corrected chi connectivity index (χ2v) is 10.1. The molecule has 1 fully saturated rings. The monoisotopic (exact) mass is 507 g/mol. The van der Waals surface area contributed by atoms with Gasteiger partial charge in [0.1, 0.15) is 11.5 Å². The molecule has 196 valence electrons. The third kappa shape index (κ3) is 7.04. The quantitative estimate of drug-likeness (QED) is 0.425. The number of nitrogens with zero attached hydrogens (tertiary/aromatic N) is 5. The number of hydrogen-bond acceptors (Lipinski definition) is 8. The van der Waals surface area contributed by atoms with Gasteiger partial charge in [-0.25, -0.2) is 9.97 Å². The molecule has 3 N–H and O–H groups in total. The summed E-state index contributed by atoms with van der Waals surface area (Å²) in [6.45, 7) is 7.69. The molecule has 2 aromatic heterocycles. The van der Waals surface area contributed by atoms with Crippen LogP contribution in [0.2, 0.25) is 0 Å². The highest BCUT2D eigenvalue weighted by molar-refractivity contribution is 6.04. The molecule has 1 aromatic carbocycles. The van der Waals surface area contributed by atoms with Gasteiger partial charge in [-0.1, -0.05) is 0 Å². The maximum Gasteiger partial charge on any atom is 0.257 e. The first-order valence-electron chi connectivity index (χ1n) is 12.2. The standard InChI is InChI=1S/C26H33N7O4/c1-16(2)36-19-10-18(24(34)30-21-8-9-32(5)31-21)11-20(12-19)37-23-14-28-22(13-29-23)33(15-17-6-7-17)25(35)26(3,4)27/h8-14,16-17H,6-7,15,27H2,1-5H3,(H,30,31,34). The van der Waals surface area contributed by atoms with Gasteiger partial charge >= 0.3 is 0 Å². The van der Waals surface area contributed by atoms with Crippen LogP contribution in [0.3, 0.4) is 0 Å². The number of hydrogen-bond donors (Lipinski definition) is 2. The van der Waals surface area contributed by atoms with Crippen LogP contribution in [-0.2, 0) is 11.8 Å². The molecule has 0 aliphatic heterocycles. The van der Waals surface area contributed by atoms with Crippen molar-refractivity contribution in [3.63, 3.8) is 0 Å². The van der Waals surface area contributed by atoms with E-state index in [9.17, 15) is 9.59 Å². The third-order valence-electron chi connectivity index (χ3n) is 5.52. The second-order valence-electron chi connectivity index (χ2n) is 10.1. The smallest absolute Gasteiger partial charge is 0.257 e. The van der Waals surface area contributed by atoms with Crippen LogP contribution in [0.4, 0.5) is 11.6 Å². The highest BCUT2D eigenvalue weighted by Crippen LogP contribution is 2.32. The maximum atomic E-state index is 12.9. The first kappa shape index (κ1) is 26.1. The molecule has 0 atom stereocenters. The minimum Gasteiger partial charge on any atom is -0.491 e. The molecule has 11 nitrogen and oxygen atoms in total. The van der Waals surface area contributed by atoms with E-state index in [1.165, 1.54) is 12.4 Å². The van der Waals surface area contributed by atoms with E-state index in [-0.39, 0.29) is 23.8 Å². The number of anilines is 2. The summed E-state index contributed by atoms with van der Waals surface area (Å²) in [7, 11) is 1.77. The molecule has 11 heteroatoms. The van der Waals surface area contributed by atoms with Gasteiger partial charge in [0.15, 0.2) is 11.6 Å². The summed E-state index contributed by atoms with van der Waals surface area (Å²) in [5.74, 6) is 1.72. The molecule has 1 aliphatic carbocycles. The summed E-state index contributed by atoms with van der Waals surface area (Å²) in [6, 6.07) is 6.59. The highest BCUT2D eigenvalue weighted by Gasteiger charge is 2.34. The summed E-state index contributed by atoms with van der Waals surface area (Å²) in [6.07, 6.45) is 6.71. The number of aryl methyl sites for hydroxylation is 1. The molecule has 0 spiro atoms. The van der Waals surface area contributed by atoms with Gasteiger partial charge in [0.2, 0.25) is 11.8 Å². The lowest BCUT2D eigenvalue weighted by atomic mass is 10.1. The fraction of sp³-hybridized carbons (Fsp3) is 0.423. The zero-order valence-corrected chi connectivity index (χ0v) is 21.8. The Kier molecular flexibility index (Phi) is 7.44. The van der Waals surface area contributed by atoms with Crippen molar-refractivity contribution in [3.8, 4) is 17.4 Å². The second kappa shape index (κ2) is 10.6. The van der Waals surface area contributed by atoms with E-state index in [4.69, 9.17) is 15.2 Å². The lowest BCUT2D eigenvalue weighted by Gasteiger charge is -2.28.